The molecule has 0 fully saturated rings. The molecule has 0 saturated heterocycles. The number of rotatable bonds is 5. The first kappa shape index (κ1) is 20.2. The number of fused-ring (bicyclic) bond motifs is 1. The highest BCUT2D eigenvalue weighted by Crippen LogP contribution is 2.16. The number of hydrogen-bond acceptors (Lipinski definition) is 4. The van der Waals surface area contributed by atoms with Gasteiger partial charge in [0, 0.05) is 27.6 Å². The lowest BCUT2D eigenvalue weighted by molar-refractivity contribution is -0.308. The van der Waals surface area contributed by atoms with Gasteiger partial charge in [-0.25, -0.2) is 0 Å². The largest absolute Gasteiger partial charge is 0.548 e. The van der Waals surface area contributed by atoms with E-state index in [0.29, 0.717) is 21.5 Å². The molecule has 0 aliphatic rings. The maximum Gasteiger partial charge on any atom is 0.251 e. The highest BCUT2D eigenvalue weighted by Gasteiger charge is 2.17. The smallest absolute Gasteiger partial charge is 0.251 e. The topological polar surface area (TPSA) is 139 Å². The third-order valence-corrected chi connectivity index (χ3v) is 4.21. The maximum absolute atomic E-state index is 12.3. The van der Waals surface area contributed by atoms with E-state index in [-0.39, 0.29) is 23.7 Å². The van der Waals surface area contributed by atoms with Crippen molar-refractivity contribution < 1.29 is 14.7 Å². The molecular weight excluding hydrogens is 370 g/mol. The standard InChI is InChI=1S/C19H15ClN2O4.H3N/c20-13-7-5-11(6-8-13)18(24)22-16(19(25)26)9-12-10-17(23)21-15-4-2-1-3-14(12)15;/h1-8,10,16H,9H2,(H,21,23)(H,22,24)(H,25,26);1H3. The van der Waals surface area contributed by atoms with E-state index in [0.717, 1.165) is 0 Å². The van der Waals surface area contributed by atoms with E-state index in [2.05, 4.69) is 10.3 Å². The summed E-state index contributed by atoms with van der Waals surface area (Å²) < 4.78 is 0. The Balaban J connectivity index is 0.00000261. The number of H-pyrrole nitrogens is 1. The molecule has 1 atom stereocenters. The number of carboxylic acids is 1. The second kappa shape index (κ2) is 8.48. The van der Waals surface area contributed by atoms with Crippen LogP contribution in [0.15, 0.2) is 59.4 Å². The lowest BCUT2D eigenvalue weighted by atomic mass is 10.0. The maximum atomic E-state index is 12.3. The molecule has 0 saturated carbocycles. The summed E-state index contributed by atoms with van der Waals surface area (Å²) in [6, 6.07) is 13.1. The molecule has 0 bridgehead atoms. The molecule has 1 amide bonds. The molecule has 7 nitrogen and oxygen atoms in total. The number of benzene rings is 2. The number of aromatic nitrogens is 1. The van der Waals surface area contributed by atoms with Crippen molar-refractivity contribution in [1.82, 2.24) is 16.5 Å². The Kier molecular flexibility index (Phi) is 6.33. The predicted molar refractivity (Wildman–Crippen MR) is 102 cm³/mol. The molecule has 0 radical (unpaired) electrons. The fourth-order valence-electron chi connectivity index (χ4n) is 2.70. The van der Waals surface area contributed by atoms with Crippen LogP contribution in [-0.2, 0) is 11.2 Å². The van der Waals surface area contributed by atoms with Crippen molar-refractivity contribution in [2.45, 2.75) is 12.5 Å². The van der Waals surface area contributed by atoms with Crippen LogP contribution in [-0.4, -0.2) is 22.9 Å². The zero-order chi connectivity index (χ0) is 18.7. The van der Waals surface area contributed by atoms with Crippen LogP contribution in [0, 0.1) is 0 Å². The van der Waals surface area contributed by atoms with E-state index >= 15 is 0 Å². The zero-order valence-electron chi connectivity index (χ0n) is 14.5. The highest BCUT2D eigenvalue weighted by molar-refractivity contribution is 6.30. The lowest BCUT2D eigenvalue weighted by Gasteiger charge is -2.20. The van der Waals surface area contributed by atoms with E-state index in [1.54, 1.807) is 24.3 Å². The Hall–Kier alpha value is -3.16. The van der Waals surface area contributed by atoms with Crippen LogP contribution < -0.4 is 22.1 Å². The van der Waals surface area contributed by atoms with E-state index in [1.165, 1.54) is 30.3 Å². The molecule has 2 aromatic carbocycles. The molecular formula is C19H18ClN3O4. The van der Waals surface area contributed by atoms with Crippen LogP contribution in [0.4, 0.5) is 0 Å². The van der Waals surface area contributed by atoms with Crippen molar-refractivity contribution in [3.8, 4) is 0 Å². The van der Waals surface area contributed by atoms with Gasteiger partial charge in [0.25, 0.3) is 5.91 Å². The summed E-state index contributed by atoms with van der Waals surface area (Å²) in [6.07, 6.45) is -0.0773. The molecule has 6 N–H and O–H groups in total. The molecule has 140 valence electrons. The van der Waals surface area contributed by atoms with Gasteiger partial charge in [0.15, 0.2) is 0 Å². The van der Waals surface area contributed by atoms with Gasteiger partial charge in [-0.1, -0.05) is 29.8 Å². The summed E-state index contributed by atoms with van der Waals surface area (Å²) >= 11 is 5.78. The van der Waals surface area contributed by atoms with Gasteiger partial charge >= 0.3 is 0 Å². The van der Waals surface area contributed by atoms with Gasteiger partial charge in [-0.15, -0.1) is 0 Å². The molecule has 0 spiro atoms. The first-order valence-corrected chi connectivity index (χ1v) is 8.20. The molecule has 1 heterocycles. The van der Waals surface area contributed by atoms with Gasteiger partial charge in [-0.3, -0.25) is 9.59 Å². The third kappa shape index (κ3) is 4.72. The quantitative estimate of drug-likeness (QED) is 0.612. The molecule has 27 heavy (non-hydrogen) atoms. The summed E-state index contributed by atoms with van der Waals surface area (Å²) in [5.74, 6) is -2.00. The van der Waals surface area contributed by atoms with Crippen LogP contribution in [0.5, 0.6) is 0 Å². The summed E-state index contributed by atoms with van der Waals surface area (Å²) in [4.78, 5) is 38.3. The van der Waals surface area contributed by atoms with Gasteiger partial charge in [0.1, 0.15) is 0 Å². The average molecular weight is 388 g/mol. The minimum absolute atomic E-state index is 0. The summed E-state index contributed by atoms with van der Waals surface area (Å²) in [6.45, 7) is 0. The summed E-state index contributed by atoms with van der Waals surface area (Å²) in [5.41, 5.74) is 1.03. The number of para-hydroxylation sites is 1. The third-order valence-electron chi connectivity index (χ3n) is 3.96. The highest BCUT2D eigenvalue weighted by atomic mass is 35.5. The van der Waals surface area contributed by atoms with Crippen molar-refractivity contribution in [1.29, 1.82) is 0 Å². The second-order valence-electron chi connectivity index (χ2n) is 5.76. The number of nitrogens with one attached hydrogen (secondary N) is 2. The Morgan fingerprint density at radius 2 is 1.78 bits per heavy atom. The molecule has 0 aliphatic heterocycles. The zero-order valence-corrected chi connectivity index (χ0v) is 15.2. The van der Waals surface area contributed by atoms with Crippen LogP contribution in [0.2, 0.25) is 5.02 Å². The van der Waals surface area contributed by atoms with Crippen LogP contribution in [0.3, 0.4) is 0 Å². The number of quaternary nitrogens is 1. The van der Waals surface area contributed by atoms with Crippen LogP contribution in [0.25, 0.3) is 10.9 Å². The Labute approximate surface area is 159 Å². The summed E-state index contributed by atoms with van der Waals surface area (Å²) in [7, 11) is 0. The van der Waals surface area contributed by atoms with Gasteiger partial charge < -0.3 is 26.4 Å². The van der Waals surface area contributed by atoms with Gasteiger partial charge in [-0.2, -0.15) is 0 Å². The van der Waals surface area contributed by atoms with Gasteiger partial charge in [0.2, 0.25) is 5.56 Å². The number of carbonyl (C=O) groups excluding carboxylic acids is 2. The Bertz CT molecular complexity index is 1030. The number of amides is 1. The first-order valence-electron chi connectivity index (χ1n) is 7.82. The first-order chi connectivity index (χ1) is 12.4. The fourth-order valence-corrected chi connectivity index (χ4v) is 2.83. The Morgan fingerprint density at radius 1 is 1.11 bits per heavy atom. The molecule has 3 aromatic rings. The molecule has 8 heteroatoms. The number of halogens is 1. The minimum atomic E-state index is -1.43. The van der Waals surface area contributed by atoms with Crippen molar-refractivity contribution in [2.24, 2.45) is 0 Å². The number of aliphatic carboxylic acids is 1. The van der Waals surface area contributed by atoms with E-state index in [1.807, 2.05) is 0 Å². The normalized spacial score (nSPS) is 11.4. The van der Waals surface area contributed by atoms with E-state index < -0.39 is 17.9 Å². The number of aromatic amines is 1. The monoisotopic (exact) mass is 387 g/mol. The number of carbonyl (C=O) groups is 2. The molecule has 3 rings (SSSR count). The van der Waals surface area contributed by atoms with Crippen molar-refractivity contribution in [3.05, 3.63) is 81.1 Å². The number of hydrogen-bond donors (Lipinski definition) is 3. The minimum Gasteiger partial charge on any atom is -0.548 e. The SMILES string of the molecule is O=C(NC(Cc1cc(=O)[nH]c2ccccc12)C(=O)[O-])c1ccc(Cl)cc1.[NH4+]. The molecule has 1 unspecified atom stereocenters. The van der Waals surface area contributed by atoms with Gasteiger partial charge in [0.05, 0.1) is 12.0 Å². The predicted octanol–water partition coefficient (Wildman–Crippen LogP) is 1.65. The van der Waals surface area contributed by atoms with Crippen molar-refractivity contribution in [2.75, 3.05) is 0 Å². The Morgan fingerprint density at radius 3 is 2.44 bits per heavy atom. The lowest BCUT2D eigenvalue weighted by Crippen LogP contribution is -2.49. The van der Waals surface area contributed by atoms with Crippen LogP contribution >= 0.6 is 11.6 Å². The summed E-state index contributed by atoms with van der Waals surface area (Å²) in [5, 5.41) is 15.1. The number of carboxylic acid groups (broad SMARTS) is 1. The van der Waals surface area contributed by atoms with E-state index in [4.69, 9.17) is 11.6 Å². The van der Waals surface area contributed by atoms with Crippen molar-refractivity contribution >= 4 is 34.4 Å². The second-order valence-corrected chi connectivity index (χ2v) is 6.20. The number of pyridine rings is 1. The molecule has 1 aromatic heterocycles. The average Bonchev–Trinajstić information content (AvgIpc) is 2.61. The van der Waals surface area contributed by atoms with Crippen molar-refractivity contribution in [3.63, 3.8) is 0 Å². The fraction of sp³-hybridized carbons (Fsp3) is 0.105. The van der Waals surface area contributed by atoms with E-state index in [9.17, 15) is 19.5 Å². The van der Waals surface area contributed by atoms with Crippen LogP contribution in [0.1, 0.15) is 15.9 Å². The van der Waals surface area contributed by atoms with Gasteiger partial charge in [-0.05, 0) is 42.3 Å². The molecule has 0 aliphatic carbocycles.